The van der Waals surface area contributed by atoms with Crippen molar-refractivity contribution < 1.29 is 26.8 Å². The first kappa shape index (κ1) is 14.8. The predicted octanol–water partition coefficient (Wildman–Crippen LogP) is 2.68. The van der Waals surface area contributed by atoms with Gasteiger partial charge in [-0.25, -0.2) is 4.39 Å². The second-order valence-electron chi connectivity index (χ2n) is 3.97. The lowest BCUT2D eigenvalue weighted by molar-refractivity contribution is 0.132. The molecular formula is C11H14BF4O2-. The molecule has 1 aromatic carbocycles. The summed E-state index contributed by atoms with van der Waals surface area (Å²) in [5, 5.41) is 0. The molecule has 0 aliphatic rings. The number of halogens is 4. The van der Waals surface area contributed by atoms with E-state index in [9.17, 15) is 17.3 Å². The zero-order valence-electron chi connectivity index (χ0n) is 10.1. The van der Waals surface area contributed by atoms with E-state index in [0.717, 1.165) is 6.07 Å². The van der Waals surface area contributed by atoms with Crippen LogP contribution in [0.25, 0.3) is 0 Å². The third kappa shape index (κ3) is 4.21. The van der Waals surface area contributed by atoms with Crippen LogP contribution in [-0.2, 0) is 4.74 Å². The summed E-state index contributed by atoms with van der Waals surface area (Å²) in [4.78, 5) is 0. The number of hydrogen-bond acceptors (Lipinski definition) is 2. The summed E-state index contributed by atoms with van der Waals surface area (Å²) in [5.41, 5.74) is -0.870. The van der Waals surface area contributed by atoms with Gasteiger partial charge in [-0.15, -0.1) is 5.46 Å². The van der Waals surface area contributed by atoms with Crippen molar-refractivity contribution in [3.63, 3.8) is 0 Å². The number of ether oxygens (including phenoxy) is 2. The zero-order chi connectivity index (χ0) is 13.8. The van der Waals surface area contributed by atoms with E-state index >= 15 is 0 Å². The highest BCUT2D eigenvalue weighted by Crippen LogP contribution is 2.20. The average molecular weight is 265 g/mol. The molecular weight excluding hydrogens is 251 g/mol. The largest absolute Gasteiger partial charge is 0.509 e. The van der Waals surface area contributed by atoms with Gasteiger partial charge in [0.05, 0.1) is 6.10 Å². The van der Waals surface area contributed by atoms with Crippen LogP contribution in [0.15, 0.2) is 18.2 Å². The molecule has 0 aliphatic carbocycles. The van der Waals surface area contributed by atoms with Crippen molar-refractivity contribution in [1.82, 2.24) is 0 Å². The van der Waals surface area contributed by atoms with Gasteiger partial charge in [0.25, 0.3) is 0 Å². The lowest BCUT2D eigenvalue weighted by Crippen LogP contribution is -2.34. The Morgan fingerprint density at radius 3 is 2.50 bits per heavy atom. The molecule has 0 heterocycles. The molecule has 1 aromatic rings. The Morgan fingerprint density at radius 2 is 1.94 bits per heavy atom. The van der Waals surface area contributed by atoms with Gasteiger partial charge in [-0.05, 0) is 19.1 Å². The molecule has 0 N–H and O–H groups in total. The molecule has 1 unspecified atom stereocenters. The summed E-state index contributed by atoms with van der Waals surface area (Å²) >= 11 is 0. The Balaban J connectivity index is 2.81. The van der Waals surface area contributed by atoms with E-state index < -0.39 is 24.4 Å². The fourth-order valence-electron chi connectivity index (χ4n) is 1.37. The third-order valence-corrected chi connectivity index (χ3v) is 2.39. The minimum atomic E-state index is -5.15. The first-order valence-corrected chi connectivity index (χ1v) is 5.49. The van der Waals surface area contributed by atoms with Crippen LogP contribution in [0.5, 0.6) is 5.75 Å². The molecule has 0 spiro atoms. The summed E-state index contributed by atoms with van der Waals surface area (Å²) < 4.78 is 60.8. The predicted molar refractivity (Wildman–Crippen MR) is 61.7 cm³/mol. The van der Waals surface area contributed by atoms with E-state index in [1.165, 1.54) is 7.11 Å². The molecule has 1 rings (SSSR count). The van der Waals surface area contributed by atoms with Crippen LogP contribution in [0.4, 0.5) is 17.3 Å². The first-order valence-electron chi connectivity index (χ1n) is 5.49. The van der Waals surface area contributed by atoms with E-state index in [1.54, 1.807) is 6.92 Å². The molecule has 0 aliphatic heterocycles. The molecule has 0 radical (unpaired) electrons. The maximum atomic E-state index is 13.3. The van der Waals surface area contributed by atoms with Gasteiger partial charge in [-0.2, -0.15) is 0 Å². The molecule has 0 saturated carbocycles. The molecule has 18 heavy (non-hydrogen) atoms. The van der Waals surface area contributed by atoms with Crippen molar-refractivity contribution in [3.05, 3.63) is 24.0 Å². The van der Waals surface area contributed by atoms with Crippen LogP contribution in [0.2, 0.25) is 0 Å². The number of methoxy groups -OCH3 is 1. The maximum absolute atomic E-state index is 13.3. The summed E-state index contributed by atoms with van der Waals surface area (Å²) in [6.45, 7) is -3.12. The van der Waals surface area contributed by atoms with Crippen LogP contribution in [0, 0.1) is 5.82 Å². The second kappa shape index (κ2) is 6.09. The van der Waals surface area contributed by atoms with E-state index in [2.05, 4.69) is 0 Å². The Morgan fingerprint density at radius 1 is 1.28 bits per heavy atom. The van der Waals surface area contributed by atoms with Gasteiger partial charge in [-0.1, -0.05) is 6.07 Å². The van der Waals surface area contributed by atoms with Crippen molar-refractivity contribution in [1.29, 1.82) is 0 Å². The van der Waals surface area contributed by atoms with Gasteiger partial charge < -0.3 is 22.4 Å². The molecule has 0 saturated heterocycles. The van der Waals surface area contributed by atoms with Crippen molar-refractivity contribution in [2.75, 3.05) is 13.7 Å². The standard InChI is InChI=1S/C11H14BF4O2/c1-8(5-6-17-2)18-11-7-9(12(14,15)16)3-4-10(11)13/h3-4,7-8H,5-6H2,1-2H3/q-1. The van der Waals surface area contributed by atoms with Crippen LogP contribution in [0.1, 0.15) is 13.3 Å². The van der Waals surface area contributed by atoms with E-state index in [-0.39, 0.29) is 5.75 Å². The van der Waals surface area contributed by atoms with Crippen LogP contribution < -0.4 is 10.2 Å². The van der Waals surface area contributed by atoms with Crippen molar-refractivity contribution in [3.8, 4) is 5.75 Å². The minimum absolute atomic E-state index is 0.379. The fourth-order valence-corrected chi connectivity index (χ4v) is 1.37. The molecule has 0 fully saturated rings. The molecule has 2 nitrogen and oxygen atoms in total. The monoisotopic (exact) mass is 265 g/mol. The Bertz CT molecular complexity index is 395. The quantitative estimate of drug-likeness (QED) is 0.581. The average Bonchev–Trinajstić information content (AvgIpc) is 2.28. The fraction of sp³-hybridized carbons (Fsp3) is 0.455. The van der Waals surface area contributed by atoms with Crippen LogP contribution in [0.3, 0.4) is 0 Å². The molecule has 102 valence electrons. The lowest BCUT2D eigenvalue weighted by Gasteiger charge is -2.19. The number of benzene rings is 1. The minimum Gasteiger partial charge on any atom is -0.488 e. The molecule has 0 bridgehead atoms. The normalized spacial score (nSPS) is 13.4. The summed E-state index contributed by atoms with van der Waals surface area (Å²) in [6.07, 6.45) is 0.0487. The lowest BCUT2D eigenvalue weighted by atomic mass is 9.80. The second-order valence-corrected chi connectivity index (χ2v) is 3.97. The van der Waals surface area contributed by atoms with Crippen LogP contribution in [-0.4, -0.2) is 26.8 Å². The smallest absolute Gasteiger partial charge is 0.488 e. The Hall–Kier alpha value is -1.24. The number of hydrogen-bond donors (Lipinski definition) is 0. The topological polar surface area (TPSA) is 18.5 Å². The first-order chi connectivity index (χ1) is 8.34. The van der Waals surface area contributed by atoms with Crippen LogP contribution >= 0.6 is 0 Å². The molecule has 1 atom stereocenters. The van der Waals surface area contributed by atoms with Gasteiger partial charge >= 0.3 is 6.98 Å². The van der Waals surface area contributed by atoms with Crippen molar-refractivity contribution >= 4 is 12.4 Å². The molecule has 7 heteroatoms. The van der Waals surface area contributed by atoms with Gasteiger partial charge in [0, 0.05) is 20.1 Å². The number of rotatable bonds is 6. The third-order valence-electron chi connectivity index (χ3n) is 2.39. The Labute approximate surface area is 103 Å². The van der Waals surface area contributed by atoms with E-state index in [0.29, 0.717) is 25.2 Å². The van der Waals surface area contributed by atoms with Gasteiger partial charge in [0.2, 0.25) is 0 Å². The highest BCUT2D eigenvalue weighted by molar-refractivity contribution is 6.73. The molecule has 0 aromatic heterocycles. The summed E-state index contributed by atoms with van der Waals surface area (Å²) in [6, 6.07) is 2.17. The van der Waals surface area contributed by atoms with E-state index in [4.69, 9.17) is 9.47 Å². The highest BCUT2D eigenvalue weighted by Gasteiger charge is 2.26. The maximum Gasteiger partial charge on any atom is 0.509 e. The van der Waals surface area contributed by atoms with Crippen molar-refractivity contribution in [2.45, 2.75) is 19.4 Å². The Kier molecular flexibility index (Phi) is 5.01. The molecule has 0 amide bonds. The summed E-state index contributed by atoms with van der Waals surface area (Å²) in [5.74, 6) is -1.18. The van der Waals surface area contributed by atoms with Gasteiger partial charge in [0.15, 0.2) is 11.6 Å². The van der Waals surface area contributed by atoms with Gasteiger partial charge in [0.1, 0.15) is 0 Å². The zero-order valence-corrected chi connectivity index (χ0v) is 10.1. The van der Waals surface area contributed by atoms with Crippen molar-refractivity contribution in [2.24, 2.45) is 0 Å². The van der Waals surface area contributed by atoms with Gasteiger partial charge in [-0.3, -0.25) is 0 Å². The van der Waals surface area contributed by atoms with E-state index in [1.807, 2.05) is 0 Å². The SMILES string of the molecule is COCCC(C)Oc1cc([B-](F)(F)F)ccc1F. The highest BCUT2D eigenvalue weighted by atomic mass is 19.4. The summed E-state index contributed by atoms with van der Waals surface area (Å²) in [7, 11) is 1.50.